The number of amides is 1. The Balaban J connectivity index is 2.03. The molecule has 0 aliphatic rings. The number of hydrogen-bond acceptors (Lipinski definition) is 3. The van der Waals surface area contributed by atoms with Gasteiger partial charge in [0.2, 0.25) is 0 Å². The predicted molar refractivity (Wildman–Crippen MR) is 81.3 cm³/mol. The molecule has 20 heavy (non-hydrogen) atoms. The molecule has 2 N–H and O–H groups in total. The molecule has 0 atom stereocenters. The van der Waals surface area contributed by atoms with Crippen molar-refractivity contribution in [1.82, 2.24) is 10.2 Å². The molecule has 0 aliphatic carbocycles. The Morgan fingerprint density at radius 1 is 1.30 bits per heavy atom. The van der Waals surface area contributed by atoms with Gasteiger partial charge < -0.3 is 10.2 Å². The first-order chi connectivity index (χ1) is 9.60. The van der Waals surface area contributed by atoms with Gasteiger partial charge >= 0.3 is 0 Å². The van der Waals surface area contributed by atoms with Crippen LogP contribution in [0.3, 0.4) is 0 Å². The first-order valence-electron chi connectivity index (χ1n) is 6.73. The van der Waals surface area contributed by atoms with Crippen LogP contribution in [-0.2, 0) is 6.42 Å². The van der Waals surface area contributed by atoms with Crippen molar-refractivity contribution in [1.29, 1.82) is 0 Å². The molecular weight excluding hydrogens is 252 g/mol. The van der Waals surface area contributed by atoms with Gasteiger partial charge in [-0.25, -0.2) is 0 Å². The molecule has 0 saturated carbocycles. The molecule has 106 valence electrons. The second kappa shape index (κ2) is 6.23. The first-order valence-corrected chi connectivity index (χ1v) is 6.73. The van der Waals surface area contributed by atoms with E-state index in [0.717, 1.165) is 24.2 Å². The largest absolute Gasteiger partial charge is 0.378 e. The van der Waals surface area contributed by atoms with Crippen LogP contribution in [0.15, 0.2) is 30.3 Å². The molecule has 0 saturated heterocycles. The molecule has 1 aromatic heterocycles. The number of nitrogens with zero attached hydrogens (tertiary/aromatic N) is 2. The maximum absolute atomic E-state index is 12.1. The fourth-order valence-corrected chi connectivity index (χ4v) is 1.92. The fraction of sp³-hybridized carbons (Fsp3) is 0.333. The molecule has 1 amide bonds. The van der Waals surface area contributed by atoms with E-state index < -0.39 is 0 Å². The lowest BCUT2D eigenvalue weighted by molar-refractivity contribution is 0.102. The molecule has 0 aliphatic heterocycles. The van der Waals surface area contributed by atoms with Crippen LogP contribution in [0.1, 0.15) is 29.4 Å². The zero-order valence-electron chi connectivity index (χ0n) is 12.1. The summed E-state index contributed by atoms with van der Waals surface area (Å²) < 4.78 is 0. The highest BCUT2D eigenvalue weighted by atomic mass is 16.1. The van der Waals surface area contributed by atoms with Gasteiger partial charge in [0.15, 0.2) is 5.82 Å². The van der Waals surface area contributed by atoms with E-state index in [2.05, 4.69) is 22.4 Å². The SMILES string of the molecule is CCCc1cc(NC(=O)c2ccc(N(C)C)cc2)n[nH]1. The molecule has 2 aromatic rings. The molecule has 0 bridgehead atoms. The van der Waals surface area contributed by atoms with Crippen LogP contribution in [0.2, 0.25) is 0 Å². The highest BCUT2D eigenvalue weighted by Crippen LogP contribution is 2.14. The van der Waals surface area contributed by atoms with Crippen molar-refractivity contribution in [2.75, 3.05) is 24.3 Å². The minimum absolute atomic E-state index is 0.148. The number of H-pyrrole nitrogens is 1. The Hall–Kier alpha value is -2.30. The molecule has 0 unspecified atom stereocenters. The Kier molecular flexibility index (Phi) is 4.40. The molecule has 0 radical (unpaired) electrons. The van der Waals surface area contributed by atoms with Crippen molar-refractivity contribution in [3.05, 3.63) is 41.6 Å². The number of carbonyl (C=O) groups is 1. The molecule has 0 fully saturated rings. The van der Waals surface area contributed by atoms with Gasteiger partial charge in [-0.05, 0) is 30.7 Å². The van der Waals surface area contributed by atoms with Gasteiger partial charge in [-0.3, -0.25) is 9.89 Å². The van der Waals surface area contributed by atoms with Crippen molar-refractivity contribution >= 4 is 17.4 Å². The first kappa shape index (κ1) is 14.1. The van der Waals surface area contributed by atoms with Gasteiger partial charge in [0.25, 0.3) is 5.91 Å². The summed E-state index contributed by atoms with van der Waals surface area (Å²) in [7, 11) is 3.93. The van der Waals surface area contributed by atoms with Crippen LogP contribution in [-0.4, -0.2) is 30.2 Å². The number of hydrogen-bond donors (Lipinski definition) is 2. The summed E-state index contributed by atoms with van der Waals surface area (Å²) >= 11 is 0. The number of benzene rings is 1. The summed E-state index contributed by atoms with van der Waals surface area (Å²) in [6.07, 6.45) is 1.97. The maximum atomic E-state index is 12.1. The van der Waals surface area contributed by atoms with E-state index in [1.54, 1.807) is 0 Å². The van der Waals surface area contributed by atoms with Crippen LogP contribution < -0.4 is 10.2 Å². The average Bonchev–Trinajstić information content (AvgIpc) is 2.86. The van der Waals surface area contributed by atoms with E-state index >= 15 is 0 Å². The van der Waals surface area contributed by atoms with Crippen molar-refractivity contribution in [2.45, 2.75) is 19.8 Å². The van der Waals surface area contributed by atoms with Crippen LogP contribution in [0.4, 0.5) is 11.5 Å². The fourth-order valence-electron chi connectivity index (χ4n) is 1.92. The quantitative estimate of drug-likeness (QED) is 0.879. The lowest BCUT2D eigenvalue weighted by atomic mass is 10.2. The van der Waals surface area contributed by atoms with Gasteiger partial charge in [0, 0.05) is 37.1 Å². The number of aromatic amines is 1. The molecule has 5 heteroatoms. The Bertz CT molecular complexity index is 572. The molecular formula is C15H20N4O. The lowest BCUT2D eigenvalue weighted by Gasteiger charge is -2.12. The molecule has 0 spiro atoms. The standard InChI is InChI=1S/C15H20N4O/c1-4-5-12-10-14(18-17-12)16-15(20)11-6-8-13(9-7-11)19(2)3/h6-10H,4-5H2,1-3H3,(H2,16,17,18,20). The second-order valence-electron chi connectivity index (χ2n) is 4.92. The van der Waals surface area contributed by atoms with Gasteiger partial charge in [0.05, 0.1) is 0 Å². The normalized spacial score (nSPS) is 10.3. The average molecular weight is 272 g/mol. The van der Waals surface area contributed by atoms with E-state index in [9.17, 15) is 4.79 Å². The topological polar surface area (TPSA) is 61.0 Å². The zero-order valence-corrected chi connectivity index (χ0v) is 12.1. The van der Waals surface area contributed by atoms with Crippen LogP contribution in [0.5, 0.6) is 0 Å². The summed E-state index contributed by atoms with van der Waals surface area (Å²) in [6.45, 7) is 2.10. The zero-order chi connectivity index (χ0) is 14.5. The number of rotatable bonds is 5. The third-order valence-corrected chi connectivity index (χ3v) is 3.04. The molecule has 1 heterocycles. The highest BCUT2D eigenvalue weighted by Gasteiger charge is 2.08. The monoisotopic (exact) mass is 272 g/mol. The third-order valence-electron chi connectivity index (χ3n) is 3.04. The van der Waals surface area contributed by atoms with E-state index in [0.29, 0.717) is 11.4 Å². The predicted octanol–water partition coefficient (Wildman–Crippen LogP) is 2.68. The number of aryl methyl sites for hydroxylation is 1. The lowest BCUT2D eigenvalue weighted by Crippen LogP contribution is -2.13. The Morgan fingerprint density at radius 3 is 2.60 bits per heavy atom. The Morgan fingerprint density at radius 2 is 2.00 bits per heavy atom. The number of carbonyl (C=O) groups excluding carboxylic acids is 1. The Labute approximate surface area is 119 Å². The van der Waals surface area contributed by atoms with Crippen molar-refractivity contribution < 1.29 is 4.79 Å². The maximum Gasteiger partial charge on any atom is 0.256 e. The molecule has 5 nitrogen and oxygen atoms in total. The third kappa shape index (κ3) is 3.38. The summed E-state index contributed by atoms with van der Waals surface area (Å²) in [5.74, 6) is 0.417. The molecule has 2 rings (SSSR count). The van der Waals surface area contributed by atoms with Crippen molar-refractivity contribution in [2.24, 2.45) is 0 Å². The minimum atomic E-state index is -0.148. The highest BCUT2D eigenvalue weighted by molar-refractivity contribution is 6.03. The summed E-state index contributed by atoms with van der Waals surface area (Å²) in [4.78, 5) is 14.1. The van der Waals surface area contributed by atoms with Crippen LogP contribution in [0.25, 0.3) is 0 Å². The van der Waals surface area contributed by atoms with Gasteiger partial charge in [-0.1, -0.05) is 13.3 Å². The number of aromatic nitrogens is 2. The smallest absolute Gasteiger partial charge is 0.256 e. The van der Waals surface area contributed by atoms with Crippen molar-refractivity contribution in [3.63, 3.8) is 0 Å². The second-order valence-corrected chi connectivity index (χ2v) is 4.92. The summed E-state index contributed by atoms with van der Waals surface area (Å²) in [5.41, 5.74) is 2.72. The van der Waals surface area contributed by atoms with Crippen LogP contribution in [0, 0.1) is 0 Å². The van der Waals surface area contributed by atoms with E-state index in [4.69, 9.17) is 0 Å². The van der Waals surface area contributed by atoms with Gasteiger partial charge in [-0.15, -0.1) is 0 Å². The molecule has 1 aromatic carbocycles. The van der Waals surface area contributed by atoms with E-state index in [-0.39, 0.29) is 5.91 Å². The van der Waals surface area contributed by atoms with E-state index in [1.807, 2.05) is 49.3 Å². The number of anilines is 2. The summed E-state index contributed by atoms with van der Waals surface area (Å²) in [6, 6.07) is 9.33. The van der Waals surface area contributed by atoms with Crippen molar-refractivity contribution in [3.8, 4) is 0 Å². The minimum Gasteiger partial charge on any atom is -0.378 e. The number of nitrogens with one attached hydrogen (secondary N) is 2. The van der Waals surface area contributed by atoms with Gasteiger partial charge in [-0.2, -0.15) is 5.10 Å². The van der Waals surface area contributed by atoms with E-state index in [1.165, 1.54) is 0 Å². The van der Waals surface area contributed by atoms with Gasteiger partial charge in [0.1, 0.15) is 0 Å². The van der Waals surface area contributed by atoms with Crippen LogP contribution >= 0.6 is 0 Å². The summed E-state index contributed by atoms with van der Waals surface area (Å²) in [5, 5.41) is 9.79.